The van der Waals surface area contributed by atoms with Crippen LogP contribution in [0.4, 0.5) is 17.5 Å². The van der Waals surface area contributed by atoms with Gasteiger partial charge in [-0.15, -0.1) is 0 Å². The van der Waals surface area contributed by atoms with Crippen molar-refractivity contribution in [2.45, 2.75) is 25.4 Å². The second-order valence-corrected chi connectivity index (χ2v) is 10.2. The zero-order valence-corrected chi connectivity index (χ0v) is 22.0. The number of nitrogen functional groups attached to an aromatic ring is 2. The normalized spacial score (nSPS) is 13.9. The summed E-state index contributed by atoms with van der Waals surface area (Å²) in [4.78, 5) is 57.0. The fourth-order valence-electron chi connectivity index (χ4n) is 3.81. The Bertz CT molecular complexity index is 1400. The number of aromatic nitrogens is 4. The Morgan fingerprint density at radius 2 is 1.95 bits per heavy atom. The average molecular weight is 556 g/mol. The molecule has 1 unspecified atom stereocenters. The molecule has 0 saturated carbocycles. The molecule has 3 aromatic rings. The van der Waals surface area contributed by atoms with Crippen LogP contribution in [0.15, 0.2) is 30.5 Å². The maximum Gasteiger partial charge on any atom is 0.303 e. The number of nitrogens with two attached hydrogens (primary N) is 2. The molecule has 0 bridgehead atoms. The number of rotatable bonds is 9. The third-order valence-corrected chi connectivity index (χ3v) is 7.18. The number of carboxylic acids is 1. The Balaban J connectivity index is 1.43. The van der Waals surface area contributed by atoms with Crippen LogP contribution in [0, 0.1) is 0 Å². The lowest BCUT2D eigenvalue weighted by Crippen LogP contribution is -2.48. The van der Waals surface area contributed by atoms with E-state index in [1.54, 1.807) is 30.5 Å². The van der Waals surface area contributed by atoms with Crippen LogP contribution >= 0.6 is 24.0 Å². The van der Waals surface area contributed by atoms with E-state index in [0.29, 0.717) is 45.6 Å². The van der Waals surface area contributed by atoms with Crippen molar-refractivity contribution in [1.29, 1.82) is 0 Å². The van der Waals surface area contributed by atoms with Gasteiger partial charge >= 0.3 is 5.97 Å². The number of amides is 2. The lowest BCUT2D eigenvalue weighted by molar-refractivity contribution is -0.137. The largest absolute Gasteiger partial charge is 0.481 e. The predicted molar refractivity (Wildman–Crippen MR) is 147 cm³/mol. The van der Waals surface area contributed by atoms with Crippen molar-refractivity contribution in [3.05, 3.63) is 41.7 Å². The van der Waals surface area contributed by atoms with Crippen LogP contribution in [-0.2, 0) is 16.1 Å². The average Bonchev–Trinajstić information content (AvgIpc) is 3.32. The molecule has 1 aliphatic rings. The van der Waals surface area contributed by atoms with Crippen molar-refractivity contribution >= 4 is 74.7 Å². The van der Waals surface area contributed by atoms with Gasteiger partial charge in [0.15, 0.2) is 17.0 Å². The van der Waals surface area contributed by atoms with E-state index in [4.69, 9.17) is 28.8 Å². The van der Waals surface area contributed by atoms with E-state index in [0.717, 1.165) is 5.69 Å². The third kappa shape index (κ3) is 6.23. The fraction of sp³-hybridized carbons (Fsp3) is 0.304. The molecule has 4 rings (SSSR count). The van der Waals surface area contributed by atoms with Crippen LogP contribution in [0.2, 0.25) is 0 Å². The summed E-state index contributed by atoms with van der Waals surface area (Å²) in [6.07, 6.45) is 1.27. The Labute approximate surface area is 227 Å². The van der Waals surface area contributed by atoms with E-state index in [2.05, 4.69) is 25.3 Å². The summed E-state index contributed by atoms with van der Waals surface area (Å²) < 4.78 is 0.424. The second kappa shape index (κ2) is 11.5. The van der Waals surface area contributed by atoms with Crippen molar-refractivity contribution in [3.63, 3.8) is 0 Å². The molecule has 1 atom stereocenters. The number of fused-ring (bicyclic) bond motifs is 1. The van der Waals surface area contributed by atoms with E-state index in [9.17, 15) is 14.4 Å². The highest BCUT2D eigenvalue weighted by Crippen LogP contribution is 2.21. The van der Waals surface area contributed by atoms with Crippen molar-refractivity contribution < 1.29 is 19.5 Å². The number of benzene rings is 1. The van der Waals surface area contributed by atoms with Gasteiger partial charge in [-0.2, -0.15) is 9.97 Å². The number of hydrogen-bond acceptors (Lipinski definition) is 12. The molecule has 15 heteroatoms. The zero-order chi connectivity index (χ0) is 27.4. The molecule has 6 N–H and O–H groups in total. The number of carbonyl (C=O) groups excluding carboxylic acids is 2. The van der Waals surface area contributed by atoms with Crippen LogP contribution < -0.4 is 21.7 Å². The predicted octanol–water partition coefficient (Wildman–Crippen LogP) is 1.04. The van der Waals surface area contributed by atoms with E-state index in [1.807, 2.05) is 11.9 Å². The minimum atomic E-state index is -1.06. The number of carboxylic acid groups (broad SMARTS) is 1. The standard InChI is InChI=1S/C23H25N9O4S2/c1-31(11-13-10-26-19-17(27-13)18(24)29-22(25)30-19)14-4-2-12(3-5-14)20(35)28-15(6-7-16(33)34)21(36)32-8-9-38-23(32)37/h2-5,10,15H,6-9,11H2,1H3,(H,28,35)(H,33,34)(H4,24,25,26,29,30). The van der Waals surface area contributed by atoms with Crippen LogP contribution in [0.5, 0.6) is 0 Å². The molecule has 0 radical (unpaired) electrons. The molecule has 1 aliphatic heterocycles. The van der Waals surface area contributed by atoms with Crippen molar-refractivity contribution in [2.75, 3.05) is 35.7 Å². The first-order valence-corrected chi connectivity index (χ1v) is 12.9. The highest BCUT2D eigenvalue weighted by molar-refractivity contribution is 8.23. The molecule has 1 fully saturated rings. The quantitative estimate of drug-likeness (QED) is 0.274. The smallest absolute Gasteiger partial charge is 0.303 e. The maximum atomic E-state index is 12.9. The molecular formula is C23H25N9O4S2. The number of nitrogens with one attached hydrogen (secondary N) is 1. The van der Waals surface area contributed by atoms with Gasteiger partial charge in [-0.3, -0.25) is 19.3 Å². The summed E-state index contributed by atoms with van der Waals surface area (Å²) in [6.45, 7) is 0.815. The van der Waals surface area contributed by atoms with E-state index >= 15 is 0 Å². The fourth-order valence-corrected chi connectivity index (χ4v) is 5.03. The summed E-state index contributed by atoms with van der Waals surface area (Å²) >= 11 is 6.58. The number of hydrogen-bond donors (Lipinski definition) is 4. The molecule has 0 spiro atoms. The first-order chi connectivity index (χ1) is 18.1. The second-order valence-electron chi connectivity index (χ2n) is 8.47. The van der Waals surface area contributed by atoms with Crippen LogP contribution in [0.3, 0.4) is 0 Å². The molecule has 13 nitrogen and oxygen atoms in total. The highest BCUT2D eigenvalue weighted by atomic mass is 32.2. The van der Waals surface area contributed by atoms with E-state index in [-0.39, 0.29) is 24.6 Å². The molecule has 3 heterocycles. The third-order valence-electron chi connectivity index (χ3n) is 5.75. The molecule has 198 valence electrons. The number of anilines is 3. The van der Waals surface area contributed by atoms with Gasteiger partial charge in [-0.05, 0) is 30.7 Å². The van der Waals surface area contributed by atoms with Gasteiger partial charge in [-0.1, -0.05) is 24.0 Å². The summed E-state index contributed by atoms with van der Waals surface area (Å²) in [7, 11) is 1.85. The number of thiocarbonyl (C=S) groups is 1. The van der Waals surface area contributed by atoms with Crippen LogP contribution in [0.25, 0.3) is 11.2 Å². The topological polar surface area (TPSA) is 194 Å². The number of aliphatic carboxylic acids is 1. The SMILES string of the molecule is CN(Cc1cnc2nc(N)nc(N)c2n1)c1ccc(C(=O)NC(CCC(=O)O)C(=O)N2CCSC2=S)cc1. The first kappa shape index (κ1) is 26.9. The van der Waals surface area contributed by atoms with Gasteiger partial charge in [0.25, 0.3) is 11.8 Å². The van der Waals surface area contributed by atoms with Crippen molar-refractivity contribution in [3.8, 4) is 0 Å². The first-order valence-electron chi connectivity index (χ1n) is 11.5. The molecule has 2 aromatic heterocycles. The maximum absolute atomic E-state index is 12.9. The van der Waals surface area contributed by atoms with Gasteiger partial charge in [0.2, 0.25) is 5.95 Å². The van der Waals surface area contributed by atoms with E-state index in [1.165, 1.54) is 16.7 Å². The number of nitrogens with zero attached hydrogens (tertiary/aromatic N) is 6. The Hall–Kier alpha value is -4.11. The van der Waals surface area contributed by atoms with Crippen molar-refractivity contribution in [1.82, 2.24) is 30.2 Å². The molecule has 0 aliphatic carbocycles. The monoisotopic (exact) mass is 555 g/mol. The summed E-state index contributed by atoms with van der Waals surface area (Å²) in [5, 5.41) is 11.8. The highest BCUT2D eigenvalue weighted by Gasteiger charge is 2.31. The number of thioether (sulfide) groups is 1. The summed E-state index contributed by atoms with van der Waals surface area (Å²) in [6, 6.07) is 5.74. The minimum absolute atomic E-state index is 0.0226. The number of carbonyl (C=O) groups is 3. The molecule has 38 heavy (non-hydrogen) atoms. The van der Waals surface area contributed by atoms with Crippen LogP contribution in [-0.4, -0.2) is 77.4 Å². The minimum Gasteiger partial charge on any atom is -0.481 e. The van der Waals surface area contributed by atoms with Gasteiger partial charge < -0.3 is 26.8 Å². The Morgan fingerprint density at radius 3 is 2.61 bits per heavy atom. The van der Waals surface area contributed by atoms with Gasteiger partial charge in [0.1, 0.15) is 10.4 Å². The molecular weight excluding hydrogens is 530 g/mol. The van der Waals surface area contributed by atoms with Gasteiger partial charge in [0.05, 0.1) is 18.4 Å². The molecule has 1 saturated heterocycles. The van der Waals surface area contributed by atoms with E-state index < -0.39 is 23.8 Å². The Kier molecular flexibility index (Phi) is 8.16. The lowest BCUT2D eigenvalue weighted by atomic mass is 10.1. The van der Waals surface area contributed by atoms with Crippen LogP contribution in [0.1, 0.15) is 28.9 Å². The molecule has 1 aromatic carbocycles. The van der Waals surface area contributed by atoms with Crippen molar-refractivity contribution in [2.24, 2.45) is 0 Å². The lowest BCUT2D eigenvalue weighted by Gasteiger charge is -2.23. The Morgan fingerprint density at radius 1 is 1.21 bits per heavy atom. The zero-order valence-electron chi connectivity index (χ0n) is 20.3. The van der Waals surface area contributed by atoms with Gasteiger partial charge in [0, 0.05) is 37.0 Å². The summed E-state index contributed by atoms with van der Waals surface area (Å²) in [5.41, 5.74) is 13.9. The summed E-state index contributed by atoms with van der Waals surface area (Å²) in [5.74, 6) is -1.12. The molecule has 2 amide bonds. The van der Waals surface area contributed by atoms with Gasteiger partial charge in [-0.25, -0.2) is 9.97 Å².